The van der Waals surface area contributed by atoms with Crippen LogP contribution in [0.2, 0.25) is 5.28 Å². The Labute approximate surface area is 198 Å². The second-order valence-electron chi connectivity index (χ2n) is 8.65. The zero-order chi connectivity index (χ0) is 25.4. The normalized spacial score (nSPS) is 21.0. The molecular formula is C23H22ClFN6O2. The third-order valence-corrected chi connectivity index (χ3v) is 6.74. The summed E-state index contributed by atoms with van der Waals surface area (Å²) in [5.41, 5.74) is 4.75. The smallest absolute Gasteiger partial charge is 0.258 e. The van der Waals surface area contributed by atoms with Crippen LogP contribution in [-0.4, -0.2) is 50.8 Å². The van der Waals surface area contributed by atoms with Crippen molar-refractivity contribution >= 4 is 17.5 Å². The second kappa shape index (κ2) is 7.50. The topological polar surface area (TPSA) is 96.0 Å². The van der Waals surface area contributed by atoms with E-state index in [0.717, 1.165) is 11.3 Å². The van der Waals surface area contributed by atoms with E-state index in [2.05, 4.69) is 25.3 Å². The van der Waals surface area contributed by atoms with E-state index in [9.17, 15) is 4.79 Å². The number of nitrogens with one attached hydrogen (secondary N) is 2. The summed E-state index contributed by atoms with van der Waals surface area (Å²) in [5, 5.41) is 2.81. The molecule has 0 spiro atoms. The number of ether oxygens (including phenoxy) is 1. The lowest BCUT2D eigenvalue weighted by atomic mass is 9.87. The van der Waals surface area contributed by atoms with E-state index in [4.69, 9.17) is 20.5 Å². The Kier molecular flexibility index (Phi) is 3.96. The summed E-state index contributed by atoms with van der Waals surface area (Å²) in [5.74, 6) is -1.11. The maximum atomic E-state index is 16.0. The van der Waals surface area contributed by atoms with E-state index >= 15 is 4.39 Å². The summed E-state index contributed by atoms with van der Waals surface area (Å²) >= 11 is 6.10. The number of H-pyrrole nitrogens is 1. The van der Waals surface area contributed by atoms with Gasteiger partial charge < -0.3 is 19.9 Å². The highest BCUT2D eigenvalue weighted by atomic mass is 35.5. The minimum atomic E-state index is -2.31. The summed E-state index contributed by atoms with van der Waals surface area (Å²) < 4.78 is 45.1. The van der Waals surface area contributed by atoms with Crippen LogP contribution in [0.4, 0.5) is 4.39 Å². The van der Waals surface area contributed by atoms with Gasteiger partial charge in [0.15, 0.2) is 5.82 Å². The summed E-state index contributed by atoms with van der Waals surface area (Å²) in [6.07, 6.45) is 3.02. The average Bonchev–Trinajstić information content (AvgIpc) is 3.23. The number of carbonyl (C=O) groups is 1. The first-order valence-corrected chi connectivity index (χ1v) is 11.2. The third kappa shape index (κ3) is 3.21. The predicted octanol–water partition coefficient (Wildman–Crippen LogP) is 3.38. The number of nitrogens with zero attached hydrogens (tertiary/aromatic N) is 4. The molecule has 8 nitrogen and oxygen atoms in total. The monoisotopic (exact) mass is 471 g/mol. The molecule has 1 aliphatic carbocycles. The number of rotatable bonds is 2. The molecule has 0 fully saturated rings. The molecule has 10 heteroatoms. The number of hydrogen-bond acceptors (Lipinski definition) is 6. The van der Waals surface area contributed by atoms with Gasteiger partial charge in [-0.3, -0.25) is 4.79 Å². The largest absolute Gasteiger partial charge is 0.417 e. The van der Waals surface area contributed by atoms with Gasteiger partial charge in [-0.15, -0.1) is 0 Å². The van der Waals surface area contributed by atoms with Crippen molar-refractivity contribution < 1.29 is 18.0 Å². The van der Waals surface area contributed by atoms with Crippen molar-refractivity contribution in [1.82, 2.24) is 30.2 Å². The number of likely N-dealkylation sites (N-methyl/N-ethyl adjacent to an activating group) is 1. The molecular weight excluding hydrogens is 447 g/mol. The molecule has 3 aromatic heterocycles. The van der Waals surface area contributed by atoms with Gasteiger partial charge in [0.25, 0.3) is 11.8 Å². The van der Waals surface area contributed by atoms with Gasteiger partial charge in [-0.1, -0.05) is 6.92 Å². The van der Waals surface area contributed by atoms with Crippen molar-refractivity contribution in [2.75, 3.05) is 20.1 Å². The molecule has 33 heavy (non-hydrogen) atoms. The zero-order valence-electron chi connectivity index (χ0n) is 20.8. The first kappa shape index (κ1) is 17.4. The van der Waals surface area contributed by atoms with Crippen LogP contribution in [0.25, 0.3) is 11.3 Å². The highest BCUT2D eigenvalue weighted by Gasteiger charge is 2.35. The SMILES string of the molecule is [2H]C([2H])([2H])N1CCc2nc(Cl)nc(Oc3ncc4c(c3F)-c3[nH]c5c(c3CC4)C(=O)NC[C@@H]5C)c2C1. The Morgan fingerprint density at radius 1 is 1.24 bits per heavy atom. The van der Waals surface area contributed by atoms with Crippen LogP contribution in [0.1, 0.15) is 55.4 Å². The van der Waals surface area contributed by atoms with Crippen molar-refractivity contribution in [3.63, 3.8) is 0 Å². The molecule has 6 rings (SSSR count). The van der Waals surface area contributed by atoms with Crippen LogP contribution in [0.5, 0.6) is 11.8 Å². The maximum absolute atomic E-state index is 16.0. The van der Waals surface area contributed by atoms with E-state index in [1.807, 2.05) is 6.92 Å². The van der Waals surface area contributed by atoms with Gasteiger partial charge in [-0.25, -0.2) is 14.4 Å². The van der Waals surface area contributed by atoms with Crippen LogP contribution in [0.15, 0.2) is 6.20 Å². The number of fused-ring (bicyclic) bond motifs is 6. The Hall–Kier alpha value is -3.04. The molecule has 0 unspecified atom stereocenters. The van der Waals surface area contributed by atoms with Crippen molar-refractivity contribution in [3.05, 3.63) is 50.9 Å². The van der Waals surface area contributed by atoms with Gasteiger partial charge in [-0.05, 0) is 42.5 Å². The standard InChI is InChI=1S/C23H22ClFN6O2/c1-10-7-26-20(32)16-12-4-3-11-8-27-22(17(25)15(11)19(12)29-18(10)16)33-21-13-9-31(2)6-5-14(13)28-23(24)30-21/h8,10,29H,3-7,9H2,1-2H3,(H,26,32)/t10-/m0/s1/i2D3. The van der Waals surface area contributed by atoms with Gasteiger partial charge in [0.2, 0.25) is 11.2 Å². The van der Waals surface area contributed by atoms with E-state index in [1.54, 1.807) is 6.20 Å². The highest BCUT2D eigenvalue weighted by molar-refractivity contribution is 6.28. The van der Waals surface area contributed by atoms with Crippen molar-refractivity contribution in [2.45, 2.75) is 38.6 Å². The van der Waals surface area contributed by atoms with E-state index in [-0.39, 0.29) is 42.0 Å². The van der Waals surface area contributed by atoms with Crippen LogP contribution < -0.4 is 10.1 Å². The van der Waals surface area contributed by atoms with Crippen molar-refractivity contribution in [3.8, 4) is 23.0 Å². The number of pyridine rings is 1. The lowest BCUT2D eigenvalue weighted by molar-refractivity contribution is 0.0940. The molecule has 3 aliphatic rings. The fourth-order valence-corrected chi connectivity index (χ4v) is 5.09. The first-order chi connectivity index (χ1) is 17.1. The number of hydrogen-bond donors (Lipinski definition) is 2. The molecule has 1 atom stereocenters. The molecule has 0 aromatic carbocycles. The van der Waals surface area contributed by atoms with Crippen LogP contribution in [-0.2, 0) is 25.8 Å². The van der Waals surface area contributed by atoms with Crippen molar-refractivity contribution in [2.24, 2.45) is 0 Å². The average molecular weight is 472 g/mol. The molecule has 2 aliphatic heterocycles. The lowest BCUT2D eigenvalue weighted by Crippen LogP contribution is -2.34. The number of aryl methyl sites for hydroxylation is 1. The first-order valence-electron chi connectivity index (χ1n) is 12.3. The van der Waals surface area contributed by atoms with Gasteiger partial charge in [0.05, 0.1) is 22.5 Å². The van der Waals surface area contributed by atoms with E-state index < -0.39 is 12.8 Å². The molecule has 1 amide bonds. The minimum absolute atomic E-state index is 0.00535. The molecule has 0 bridgehead atoms. The molecule has 0 saturated carbocycles. The summed E-state index contributed by atoms with van der Waals surface area (Å²) in [6, 6.07) is 0. The van der Waals surface area contributed by atoms with Crippen LogP contribution in [0, 0.1) is 5.82 Å². The Bertz CT molecular complexity index is 1430. The summed E-state index contributed by atoms with van der Waals surface area (Å²) in [6.45, 7) is 0.483. The molecule has 3 aromatic rings. The van der Waals surface area contributed by atoms with Gasteiger partial charge in [0, 0.05) is 53.5 Å². The quantitative estimate of drug-likeness (QED) is 0.556. The predicted molar refractivity (Wildman–Crippen MR) is 119 cm³/mol. The third-order valence-electron chi connectivity index (χ3n) is 6.57. The lowest BCUT2D eigenvalue weighted by Gasteiger charge is -2.25. The summed E-state index contributed by atoms with van der Waals surface area (Å²) in [4.78, 5) is 29.7. The Morgan fingerprint density at radius 2 is 2.12 bits per heavy atom. The number of halogens is 2. The number of aromatic nitrogens is 4. The van der Waals surface area contributed by atoms with Crippen LogP contribution >= 0.6 is 11.6 Å². The van der Waals surface area contributed by atoms with E-state index in [1.165, 1.54) is 4.90 Å². The fraction of sp³-hybridized carbons (Fsp3) is 0.391. The van der Waals surface area contributed by atoms with E-state index in [0.29, 0.717) is 59.4 Å². The molecule has 2 N–H and O–H groups in total. The van der Waals surface area contributed by atoms with Gasteiger partial charge in [0.1, 0.15) is 0 Å². The number of amides is 1. The minimum Gasteiger partial charge on any atom is -0.417 e. The zero-order valence-corrected chi connectivity index (χ0v) is 18.5. The molecule has 170 valence electrons. The van der Waals surface area contributed by atoms with Gasteiger partial charge in [-0.2, -0.15) is 4.98 Å². The highest BCUT2D eigenvalue weighted by Crippen LogP contribution is 2.42. The Balaban J connectivity index is 1.42. The van der Waals surface area contributed by atoms with Crippen molar-refractivity contribution in [1.29, 1.82) is 0 Å². The maximum Gasteiger partial charge on any atom is 0.258 e. The van der Waals surface area contributed by atoms with Crippen LogP contribution in [0.3, 0.4) is 0 Å². The number of carbonyl (C=O) groups excluding carboxylic acids is 1. The molecule has 0 saturated heterocycles. The summed E-state index contributed by atoms with van der Waals surface area (Å²) in [7, 11) is 0. The Morgan fingerprint density at radius 3 is 2.97 bits per heavy atom. The second-order valence-corrected chi connectivity index (χ2v) is 8.99. The fourth-order valence-electron chi connectivity index (χ4n) is 4.92. The molecule has 5 heterocycles. The van der Waals surface area contributed by atoms with Gasteiger partial charge >= 0.3 is 0 Å². The molecule has 0 radical (unpaired) electrons. The number of aromatic amines is 1.